The fraction of sp³-hybridized carbons (Fsp3) is 0.316. The average Bonchev–Trinajstić information content (AvgIpc) is 2.56. The first-order valence-corrected chi connectivity index (χ1v) is 7.83. The first-order valence-electron chi connectivity index (χ1n) is 7.83. The van der Waals surface area contributed by atoms with Crippen LogP contribution in [0.4, 0.5) is 0 Å². The highest BCUT2D eigenvalue weighted by Gasteiger charge is 2.26. The van der Waals surface area contributed by atoms with Gasteiger partial charge < -0.3 is 9.64 Å². The van der Waals surface area contributed by atoms with Crippen LogP contribution in [-0.4, -0.2) is 23.9 Å². The van der Waals surface area contributed by atoms with E-state index in [0.717, 1.165) is 42.0 Å². The molecule has 2 aromatic carbocycles. The minimum atomic E-state index is -0.0352. The average molecular weight is 295 g/mol. The highest BCUT2D eigenvalue weighted by molar-refractivity contribution is 5.97. The number of amides is 1. The molecule has 0 fully saturated rings. The summed E-state index contributed by atoms with van der Waals surface area (Å²) >= 11 is 0. The van der Waals surface area contributed by atoms with E-state index in [4.69, 9.17) is 4.74 Å². The topological polar surface area (TPSA) is 29.5 Å². The Hall–Kier alpha value is -2.29. The molecule has 114 valence electrons. The van der Waals surface area contributed by atoms with Gasteiger partial charge in [-0.05, 0) is 38.0 Å². The van der Waals surface area contributed by atoms with Crippen molar-refractivity contribution in [2.24, 2.45) is 0 Å². The summed E-state index contributed by atoms with van der Waals surface area (Å²) in [7, 11) is 0. The second-order valence-corrected chi connectivity index (χ2v) is 5.59. The SMILES string of the molecule is CCN1CCc2c(O[C@@H](C)c3ccccc3)cccc2C1=O. The third-order valence-corrected chi connectivity index (χ3v) is 4.24. The third kappa shape index (κ3) is 2.71. The fourth-order valence-corrected chi connectivity index (χ4v) is 2.94. The Balaban J connectivity index is 1.87. The fourth-order valence-electron chi connectivity index (χ4n) is 2.94. The van der Waals surface area contributed by atoms with E-state index in [1.807, 2.05) is 55.1 Å². The summed E-state index contributed by atoms with van der Waals surface area (Å²) < 4.78 is 6.15. The molecule has 1 heterocycles. The molecule has 0 unspecified atom stereocenters. The molecule has 1 aliphatic rings. The minimum absolute atomic E-state index is 0.0352. The lowest BCUT2D eigenvalue weighted by molar-refractivity contribution is 0.0746. The molecule has 0 aliphatic carbocycles. The highest BCUT2D eigenvalue weighted by atomic mass is 16.5. The van der Waals surface area contributed by atoms with E-state index in [1.54, 1.807) is 0 Å². The van der Waals surface area contributed by atoms with Crippen molar-refractivity contribution >= 4 is 5.91 Å². The van der Waals surface area contributed by atoms with E-state index in [0.29, 0.717) is 0 Å². The Labute approximate surface area is 131 Å². The first-order chi connectivity index (χ1) is 10.7. The number of nitrogens with zero attached hydrogens (tertiary/aromatic N) is 1. The smallest absolute Gasteiger partial charge is 0.254 e. The van der Waals surface area contributed by atoms with Crippen molar-refractivity contribution < 1.29 is 9.53 Å². The molecule has 0 spiro atoms. The van der Waals surface area contributed by atoms with Crippen LogP contribution < -0.4 is 4.74 Å². The molecule has 22 heavy (non-hydrogen) atoms. The maximum Gasteiger partial charge on any atom is 0.254 e. The van der Waals surface area contributed by atoms with Crippen molar-refractivity contribution in [1.82, 2.24) is 4.90 Å². The number of hydrogen-bond donors (Lipinski definition) is 0. The summed E-state index contributed by atoms with van der Waals surface area (Å²) in [4.78, 5) is 14.3. The highest BCUT2D eigenvalue weighted by Crippen LogP contribution is 2.31. The first kappa shape index (κ1) is 14.6. The van der Waals surface area contributed by atoms with Crippen molar-refractivity contribution in [2.75, 3.05) is 13.1 Å². The van der Waals surface area contributed by atoms with Crippen LogP contribution in [0.25, 0.3) is 0 Å². The van der Waals surface area contributed by atoms with E-state index >= 15 is 0 Å². The van der Waals surface area contributed by atoms with Crippen LogP contribution in [0.1, 0.15) is 41.4 Å². The summed E-state index contributed by atoms with van der Waals surface area (Å²) in [6.45, 7) is 5.57. The summed E-state index contributed by atoms with van der Waals surface area (Å²) in [5.41, 5.74) is 2.96. The molecule has 0 saturated carbocycles. The van der Waals surface area contributed by atoms with Crippen LogP contribution in [0.5, 0.6) is 5.75 Å². The lowest BCUT2D eigenvalue weighted by atomic mass is 9.98. The molecule has 0 aromatic heterocycles. The van der Waals surface area contributed by atoms with E-state index in [-0.39, 0.29) is 12.0 Å². The predicted molar refractivity (Wildman–Crippen MR) is 87.2 cm³/mol. The van der Waals surface area contributed by atoms with Gasteiger partial charge in [0.05, 0.1) is 0 Å². The number of benzene rings is 2. The molecule has 3 rings (SSSR count). The minimum Gasteiger partial charge on any atom is -0.486 e. The van der Waals surface area contributed by atoms with Crippen molar-refractivity contribution in [1.29, 1.82) is 0 Å². The van der Waals surface area contributed by atoms with Gasteiger partial charge >= 0.3 is 0 Å². The maximum atomic E-state index is 12.4. The third-order valence-electron chi connectivity index (χ3n) is 4.24. The van der Waals surface area contributed by atoms with E-state index in [9.17, 15) is 4.79 Å². The zero-order valence-corrected chi connectivity index (χ0v) is 13.1. The zero-order valence-electron chi connectivity index (χ0n) is 13.1. The Kier molecular flexibility index (Phi) is 4.14. The molecular weight excluding hydrogens is 274 g/mol. The number of rotatable bonds is 4. The van der Waals surface area contributed by atoms with Gasteiger partial charge in [0.15, 0.2) is 0 Å². The van der Waals surface area contributed by atoms with Crippen LogP contribution in [0, 0.1) is 0 Å². The van der Waals surface area contributed by atoms with Crippen LogP contribution in [0.2, 0.25) is 0 Å². The van der Waals surface area contributed by atoms with Gasteiger partial charge in [-0.15, -0.1) is 0 Å². The van der Waals surface area contributed by atoms with Crippen molar-refractivity contribution in [3.05, 3.63) is 65.2 Å². The van der Waals surface area contributed by atoms with Gasteiger partial charge in [-0.1, -0.05) is 36.4 Å². The Bertz CT molecular complexity index is 666. The van der Waals surface area contributed by atoms with Crippen LogP contribution in [0.15, 0.2) is 48.5 Å². The predicted octanol–water partition coefficient (Wildman–Crippen LogP) is 3.84. The molecule has 2 aromatic rings. The van der Waals surface area contributed by atoms with Gasteiger partial charge in [-0.3, -0.25) is 4.79 Å². The number of carbonyl (C=O) groups excluding carboxylic acids is 1. The molecular formula is C19H21NO2. The Morgan fingerprint density at radius 2 is 1.91 bits per heavy atom. The number of hydrogen-bond acceptors (Lipinski definition) is 2. The Morgan fingerprint density at radius 3 is 2.64 bits per heavy atom. The standard InChI is InChI=1S/C19H21NO2/c1-3-20-13-12-16-17(19(20)21)10-7-11-18(16)22-14(2)15-8-5-4-6-9-15/h4-11,14H,3,12-13H2,1-2H3/t14-/m0/s1. The monoisotopic (exact) mass is 295 g/mol. The number of fused-ring (bicyclic) bond motifs is 1. The summed E-state index contributed by atoms with van der Waals surface area (Å²) in [5, 5.41) is 0. The van der Waals surface area contributed by atoms with Crippen LogP contribution >= 0.6 is 0 Å². The molecule has 0 bridgehead atoms. The van der Waals surface area contributed by atoms with Crippen molar-refractivity contribution in [3.63, 3.8) is 0 Å². The second kappa shape index (κ2) is 6.22. The second-order valence-electron chi connectivity index (χ2n) is 5.59. The lowest BCUT2D eigenvalue weighted by Gasteiger charge is -2.29. The van der Waals surface area contributed by atoms with Gasteiger partial charge in [0.2, 0.25) is 0 Å². The van der Waals surface area contributed by atoms with E-state index in [2.05, 4.69) is 12.1 Å². The van der Waals surface area contributed by atoms with Gasteiger partial charge in [0, 0.05) is 24.2 Å². The maximum absolute atomic E-state index is 12.4. The van der Waals surface area contributed by atoms with Crippen LogP contribution in [-0.2, 0) is 6.42 Å². The normalized spacial score (nSPS) is 15.4. The Morgan fingerprint density at radius 1 is 1.14 bits per heavy atom. The quantitative estimate of drug-likeness (QED) is 0.857. The summed E-state index contributed by atoms with van der Waals surface area (Å²) in [6.07, 6.45) is 0.819. The summed E-state index contributed by atoms with van der Waals surface area (Å²) in [6, 6.07) is 15.9. The van der Waals surface area contributed by atoms with Crippen molar-refractivity contribution in [2.45, 2.75) is 26.4 Å². The molecule has 0 N–H and O–H groups in total. The van der Waals surface area contributed by atoms with Gasteiger partial charge in [0.1, 0.15) is 11.9 Å². The molecule has 1 aliphatic heterocycles. The zero-order chi connectivity index (χ0) is 15.5. The van der Waals surface area contributed by atoms with Gasteiger partial charge in [-0.2, -0.15) is 0 Å². The van der Waals surface area contributed by atoms with E-state index in [1.165, 1.54) is 0 Å². The summed E-state index contributed by atoms with van der Waals surface area (Å²) in [5.74, 6) is 0.944. The number of ether oxygens (including phenoxy) is 1. The largest absolute Gasteiger partial charge is 0.486 e. The molecule has 3 heteroatoms. The van der Waals surface area contributed by atoms with Crippen molar-refractivity contribution in [3.8, 4) is 5.75 Å². The van der Waals surface area contributed by atoms with Crippen LogP contribution in [0.3, 0.4) is 0 Å². The number of likely N-dealkylation sites (N-methyl/N-ethyl adjacent to an activating group) is 1. The van der Waals surface area contributed by atoms with E-state index < -0.39 is 0 Å². The van der Waals surface area contributed by atoms with Gasteiger partial charge in [0.25, 0.3) is 5.91 Å². The molecule has 0 radical (unpaired) electrons. The number of carbonyl (C=O) groups is 1. The molecule has 0 saturated heterocycles. The van der Waals surface area contributed by atoms with Gasteiger partial charge in [-0.25, -0.2) is 0 Å². The molecule has 1 atom stereocenters. The lowest BCUT2D eigenvalue weighted by Crippen LogP contribution is -2.37. The molecule has 1 amide bonds. The molecule has 3 nitrogen and oxygen atoms in total.